The average Bonchev–Trinajstić information content (AvgIpc) is 2.75. The zero-order valence-corrected chi connectivity index (χ0v) is 10.0. The van der Waals surface area contributed by atoms with E-state index >= 15 is 0 Å². The molecule has 2 aromatic heterocycles. The summed E-state index contributed by atoms with van der Waals surface area (Å²) in [4.78, 5) is 6.39. The minimum absolute atomic E-state index is 0.555. The van der Waals surface area contributed by atoms with Gasteiger partial charge in [-0.15, -0.1) is 0 Å². The summed E-state index contributed by atoms with van der Waals surface area (Å²) in [6.07, 6.45) is 3.90. The Morgan fingerprint density at radius 2 is 2.06 bits per heavy atom. The molecule has 0 aromatic carbocycles. The van der Waals surface area contributed by atoms with Crippen molar-refractivity contribution in [3.63, 3.8) is 0 Å². The fourth-order valence-corrected chi connectivity index (χ4v) is 2.59. The van der Waals surface area contributed by atoms with Gasteiger partial charge in [0.15, 0.2) is 5.82 Å². The molecule has 2 N–H and O–H groups in total. The molecule has 1 saturated heterocycles. The van der Waals surface area contributed by atoms with Gasteiger partial charge in [-0.2, -0.15) is 5.10 Å². The van der Waals surface area contributed by atoms with E-state index in [0.717, 1.165) is 18.6 Å². The van der Waals surface area contributed by atoms with Crippen LogP contribution in [0.4, 0.5) is 5.82 Å². The van der Waals surface area contributed by atoms with Gasteiger partial charge >= 0.3 is 0 Å². The fraction of sp³-hybridized carbons (Fsp3) is 0.500. The number of anilines is 1. The molecule has 3 heterocycles. The van der Waals surface area contributed by atoms with E-state index < -0.39 is 0 Å². The molecule has 5 heteroatoms. The van der Waals surface area contributed by atoms with Gasteiger partial charge in [0, 0.05) is 11.6 Å². The summed E-state index contributed by atoms with van der Waals surface area (Å²) in [5, 5.41) is 4.31. The van der Waals surface area contributed by atoms with Crippen LogP contribution in [-0.2, 0) is 0 Å². The highest BCUT2D eigenvalue weighted by molar-refractivity contribution is 5.65. The van der Waals surface area contributed by atoms with Crippen molar-refractivity contribution in [1.82, 2.24) is 19.5 Å². The maximum absolute atomic E-state index is 5.84. The number of nitrogens with two attached hydrogens (primary N) is 1. The molecule has 0 bridgehead atoms. The number of hydrogen-bond acceptors (Lipinski definition) is 4. The topological polar surface area (TPSA) is 59.5 Å². The van der Waals surface area contributed by atoms with Gasteiger partial charge in [-0.05, 0) is 45.1 Å². The molecule has 1 aliphatic heterocycles. The van der Waals surface area contributed by atoms with E-state index in [1.807, 2.05) is 10.6 Å². The van der Waals surface area contributed by atoms with Crippen LogP contribution in [0.3, 0.4) is 0 Å². The van der Waals surface area contributed by atoms with Gasteiger partial charge in [-0.3, -0.25) is 0 Å². The summed E-state index contributed by atoms with van der Waals surface area (Å²) in [6, 6.07) is 4.15. The number of piperidine rings is 1. The average molecular weight is 231 g/mol. The van der Waals surface area contributed by atoms with Crippen molar-refractivity contribution in [3.8, 4) is 0 Å². The molecule has 17 heavy (non-hydrogen) atoms. The first kappa shape index (κ1) is 10.5. The number of hydrogen-bond donors (Lipinski definition) is 1. The Kier molecular flexibility index (Phi) is 2.48. The Hall–Kier alpha value is -1.62. The normalized spacial score (nSPS) is 18.9. The first-order chi connectivity index (χ1) is 8.25. The van der Waals surface area contributed by atoms with Gasteiger partial charge < -0.3 is 10.6 Å². The Bertz CT molecular complexity index is 525. The van der Waals surface area contributed by atoms with Crippen molar-refractivity contribution in [2.75, 3.05) is 25.9 Å². The lowest BCUT2D eigenvalue weighted by molar-refractivity contribution is 0.252. The lowest BCUT2D eigenvalue weighted by Gasteiger charge is -2.28. The van der Waals surface area contributed by atoms with Crippen molar-refractivity contribution in [2.24, 2.45) is 0 Å². The second kappa shape index (κ2) is 4.00. The number of nitrogen functional groups attached to an aromatic ring is 1. The maximum Gasteiger partial charge on any atom is 0.151 e. The molecule has 0 radical (unpaired) electrons. The van der Waals surface area contributed by atoms with Gasteiger partial charge in [0.25, 0.3) is 0 Å². The first-order valence-corrected chi connectivity index (χ1v) is 6.02. The zero-order valence-electron chi connectivity index (χ0n) is 10.0. The number of rotatable bonds is 1. The second-order valence-corrected chi connectivity index (χ2v) is 4.78. The minimum Gasteiger partial charge on any atom is -0.382 e. The predicted molar refractivity (Wildman–Crippen MR) is 66.9 cm³/mol. The second-order valence-electron chi connectivity index (χ2n) is 4.78. The molecule has 0 spiro atoms. The third-order valence-corrected chi connectivity index (χ3v) is 3.65. The van der Waals surface area contributed by atoms with Crippen LogP contribution in [0.2, 0.25) is 0 Å². The highest BCUT2D eigenvalue weighted by Crippen LogP contribution is 2.29. The molecule has 0 unspecified atom stereocenters. The summed E-state index contributed by atoms with van der Waals surface area (Å²) in [5.74, 6) is 1.14. The summed E-state index contributed by atoms with van der Waals surface area (Å²) in [7, 11) is 2.17. The van der Waals surface area contributed by atoms with Gasteiger partial charge in [-0.1, -0.05) is 0 Å². The number of aromatic nitrogens is 3. The molecular weight excluding hydrogens is 214 g/mol. The standard InChI is InChI=1S/C12H17N5/c1-16-6-4-9(5-7-16)10-2-3-11-12(13)14-8-15-17(10)11/h2-3,8-9H,4-7H2,1H3,(H2,13,14,15). The van der Waals surface area contributed by atoms with E-state index in [2.05, 4.69) is 28.1 Å². The quantitative estimate of drug-likeness (QED) is 0.799. The van der Waals surface area contributed by atoms with E-state index in [-0.39, 0.29) is 0 Å². The van der Waals surface area contributed by atoms with Crippen molar-refractivity contribution in [2.45, 2.75) is 18.8 Å². The van der Waals surface area contributed by atoms with Crippen molar-refractivity contribution < 1.29 is 0 Å². The molecule has 2 aromatic rings. The van der Waals surface area contributed by atoms with E-state index in [1.54, 1.807) is 0 Å². The Morgan fingerprint density at radius 1 is 1.29 bits per heavy atom. The van der Waals surface area contributed by atoms with Gasteiger partial charge in [0.2, 0.25) is 0 Å². The van der Waals surface area contributed by atoms with Crippen LogP contribution in [0.5, 0.6) is 0 Å². The molecule has 0 saturated carbocycles. The van der Waals surface area contributed by atoms with E-state index in [1.165, 1.54) is 24.9 Å². The van der Waals surface area contributed by atoms with Crippen LogP contribution in [0, 0.1) is 0 Å². The monoisotopic (exact) mass is 231 g/mol. The van der Waals surface area contributed by atoms with E-state index in [4.69, 9.17) is 5.73 Å². The SMILES string of the molecule is CN1CCC(c2ccc3c(N)ncnn23)CC1. The number of nitrogens with zero attached hydrogens (tertiary/aromatic N) is 4. The smallest absolute Gasteiger partial charge is 0.151 e. The number of likely N-dealkylation sites (tertiary alicyclic amines) is 1. The maximum atomic E-state index is 5.84. The highest BCUT2D eigenvalue weighted by Gasteiger charge is 2.21. The molecule has 3 rings (SSSR count). The summed E-state index contributed by atoms with van der Waals surface area (Å²) < 4.78 is 1.94. The predicted octanol–water partition coefficient (Wildman–Crippen LogP) is 1.12. The van der Waals surface area contributed by atoms with E-state index in [9.17, 15) is 0 Å². The lowest BCUT2D eigenvalue weighted by Crippen LogP contribution is -2.29. The molecule has 90 valence electrons. The summed E-state index contributed by atoms with van der Waals surface area (Å²) in [6.45, 7) is 2.30. The molecule has 0 atom stereocenters. The molecule has 1 fully saturated rings. The summed E-state index contributed by atoms with van der Waals surface area (Å²) in [5.41, 5.74) is 8.02. The molecule has 1 aliphatic rings. The fourth-order valence-electron chi connectivity index (χ4n) is 2.59. The lowest BCUT2D eigenvalue weighted by atomic mass is 9.94. The third kappa shape index (κ3) is 1.76. The van der Waals surface area contributed by atoms with E-state index in [0.29, 0.717) is 11.7 Å². The van der Waals surface area contributed by atoms with Crippen LogP contribution in [0.25, 0.3) is 5.52 Å². The van der Waals surface area contributed by atoms with Crippen LogP contribution in [0.1, 0.15) is 24.5 Å². The third-order valence-electron chi connectivity index (χ3n) is 3.65. The minimum atomic E-state index is 0.555. The van der Waals surface area contributed by atoms with Crippen molar-refractivity contribution >= 4 is 11.3 Å². The van der Waals surface area contributed by atoms with Crippen LogP contribution < -0.4 is 5.73 Å². The summed E-state index contributed by atoms with van der Waals surface area (Å²) >= 11 is 0. The molecule has 0 aliphatic carbocycles. The van der Waals surface area contributed by atoms with Crippen LogP contribution >= 0.6 is 0 Å². The largest absolute Gasteiger partial charge is 0.382 e. The first-order valence-electron chi connectivity index (χ1n) is 6.02. The zero-order chi connectivity index (χ0) is 11.8. The van der Waals surface area contributed by atoms with Gasteiger partial charge in [0.05, 0.1) is 0 Å². The molecule has 0 amide bonds. The van der Waals surface area contributed by atoms with Crippen LogP contribution in [0.15, 0.2) is 18.5 Å². The number of fused-ring (bicyclic) bond motifs is 1. The van der Waals surface area contributed by atoms with Crippen molar-refractivity contribution in [1.29, 1.82) is 0 Å². The Balaban J connectivity index is 1.98. The highest BCUT2D eigenvalue weighted by atomic mass is 15.3. The Morgan fingerprint density at radius 3 is 2.82 bits per heavy atom. The van der Waals surface area contributed by atoms with Crippen molar-refractivity contribution in [3.05, 3.63) is 24.2 Å². The molecule has 5 nitrogen and oxygen atoms in total. The molecular formula is C12H17N5. The van der Waals surface area contributed by atoms with Gasteiger partial charge in [0.1, 0.15) is 11.8 Å². The Labute approximate surface area is 100 Å². The van der Waals surface area contributed by atoms with Gasteiger partial charge in [-0.25, -0.2) is 9.50 Å². The van der Waals surface area contributed by atoms with Crippen LogP contribution in [-0.4, -0.2) is 39.6 Å².